The van der Waals surface area contributed by atoms with E-state index in [4.69, 9.17) is 4.74 Å². The molecule has 0 bridgehead atoms. The molecule has 0 spiro atoms. The van der Waals surface area contributed by atoms with Crippen LogP contribution < -0.4 is 15.4 Å². The van der Waals surface area contributed by atoms with Gasteiger partial charge in [-0.15, -0.1) is 0 Å². The third-order valence-electron chi connectivity index (χ3n) is 4.81. The van der Waals surface area contributed by atoms with Crippen LogP contribution in [0, 0.1) is 0 Å². The number of carbonyl (C=O) groups excluding carboxylic acids is 2. The number of rotatable bonds is 7. The Balaban J connectivity index is 1.48. The molecule has 1 aliphatic heterocycles. The van der Waals surface area contributed by atoms with E-state index >= 15 is 0 Å². The van der Waals surface area contributed by atoms with E-state index in [0.717, 1.165) is 37.2 Å². The summed E-state index contributed by atoms with van der Waals surface area (Å²) in [5.41, 5.74) is 2.33. The zero-order valence-electron chi connectivity index (χ0n) is 16.2. The smallest absolute Gasteiger partial charge is 0.253 e. The quantitative estimate of drug-likeness (QED) is 0.773. The number of methoxy groups -OCH3 is 1. The summed E-state index contributed by atoms with van der Waals surface area (Å²) in [4.78, 5) is 26.7. The lowest BCUT2D eigenvalue weighted by atomic mass is 10.1. The molecule has 6 heteroatoms. The van der Waals surface area contributed by atoms with Crippen LogP contribution in [0.5, 0.6) is 5.75 Å². The summed E-state index contributed by atoms with van der Waals surface area (Å²) >= 11 is 0. The van der Waals surface area contributed by atoms with Crippen LogP contribution in [0.1, 0.15) is 35.2 Å². The van der Waals surface area contributed by atoms with E-state index < -0.39 is 0 Å². The standard InChI is InChI=1S/C22H27N3O3/c1-28-20-10-8-17(9-11-20)15-23-16-21(26)24-19-7-5-6-18(14-19)22(27)25-12-3-2-4-13-25/h5-11,14,23H,2-4,12-13,15-16H2,1H3,(H,24,26). The minimum atomic E-state index is -0.143. The number of anilines is 1. The molecule has 0 aliphatic carbocycles. The van der Waals surface area contributed by atoms with Gasteiger partial charge in [0.05, 0.1) is 13.7 Å². The van der Waals surface area contributed by atoms with Gasteiger partial charge in [0.1, 0.15) is 5.75 Å². The lowest BCUT2D eigenvalue weighted by Gasteiger charge is -2.26. The van der Waals surface area contributed by atoms with Crippen molar-refractivity contribution < 1.29 is 14.3 Å². The minimum Gasteiger partial charge on any atom is -0.497 e. The number of hydrogen-bond acceptors (Lipinski definition) is 4. The Morgan fingerprint density at radius 2 is 1.79 bits per heavy atom. The van der Waals surface area contributed by atoms with Crippen LogP contribution in [0.2, 0.25) is 0 Å². The number of nitrogens with one attached hydrogen (secondary N) is 2. The first-order valence-electron chi connectivity index (χ1n) is 9.68. The molecule has 2 aromatic rings. The van der Waals surface area contributed by atoms with Gasteiger partial charge >= 0.3 is 0 Å². The topological polar surface area (TPSA) is 70.7 Å². The van der Waals surface area contributed by atoms with E-state index in [1.165, 1.54) is 6.42 Å². The largest absolute Gasteiger partial charge is 0.497 e. The summed E-state index contributed by atoms with van der Waals surface area (Å²) in [6.45, 7) is 2.40. The number of carbonyl (C=O) groups is 2. The van der Waals surface area contributed by atoms with Gasteiger partial charge in [-0.2, -0.15) is 0 Å². The molecular formula is C22H27N3O3. The Morgan fingerprint density at radius 3 is 2.50 bits per heavy atom. The van der Waals surface area contributed by atoms with E-state index in [1.54, 1.807) is 31.4 Å². The van der Waals surface area contributed by atoms with Crippen molar-refractivity contribution in [3.8, 4) is 5.75 Å². The van der Waals surface area contributed by atoms with Gasteiger partial charge < -0.3 is 20.3 Å². The van der Waals surface area contributed by atoms with E-state index in [1.807, 2.05) is 29.2 Å². The van der Waals surface area contributed by atoms with Crippen LogP contribution in [0.3, 0.4) is 0 Å². The Morgan fingerprint density at radius 1 is 1.04 bits per heavy atom. The molecule has 1 aliphatic rings. The van der Waals surface area contributed by atoms with E-state index in [2.05, 4.69) is 10.6 Å². The first-order valence-corrected chi connectivity index (χ1v) is 9.68. The summed E-state index contributed by atoms with van der Waals surface area (Å²) in [6, 6.07) is 14.8. The van der Waals surface area contributed by atoms with Gasteiger partial charge in [-0.1, -0.05) is 18.2 Å². The second-order valence-electron chi connectivity index (χ2n) is 6.93. The second kappa shape index (κ2) is 9.90. The highest BCUT2D eigenvalue weighted by Crippen LogP contribution is 2.16. The fourth-order valence-corrected chi connectivity index (χ4v) is 3.28. The maximum Gasteiger partial charge on any atom is 0.253 e. The van der Waals surface area contributed by atoms with Crippen LogP contribution in [-0.4, -0.2) is 43.5 Å². The van der Waals surface area contributed by atoms with Crippen molar-refractivity contribution in [3.05, 3.63) is 59.7 Å². The molecule has 0 unspecified atom stereocenters. The van der Waals surface area contributed by atoms with Crippen molar-refractivity contribution in [1.82, 2.24) is 10.2 Å². The minimum absolute atomic E-state index is 0.0356. The van der Waals surface area contributed by atoms with Crippen molar-refractivity contribution in [2.24, 2.45) is 0 Å². The molecule has 0 atom stereocenters. The number of ether oxygens (including phenoxy) is 1. The first-order chi connectivity index (χ1) is 13.7. The maximum atomic E-state index is 12.6. The van der Waals surface area contributed by atoms with Crippen LogP contribution in [0.15, 0.2) is 48.5 Å². The third kappa shape index (κ3) is 5.57. The molecule has 3 rings (SSSR count). The second-order valence-corrected chi connectivity index (χ2v) is 6.93. The van der Waals surface area contributed by atoms with Gasteiger partial charge in [-0.05, 0) is 55.2 Å². The Hall–Kier alpha value is -2.86. The van der Waals surface area contributed by atoms with Crippen molar-refractivity contribution in [3.63, 3.8) is 0 Å². The van der Waals surface area contributed by atoms with Crippen molar-refractivity contribution >= 4 is 17.5 Å². The average molecular weight is 381 g/mol. The number of hydrogen-bond donors (Lipinski definition) is 2. The van der Waals surface area contributed by atoms with Crippen molar-refractivity contribution in [1.29, 1.82) is 0 Å². The Bertz CT molecular complexity index is 799. The predicted molar refractivity (Wildman–Crippen MR) is 110 cm³/mol. The molecule has 1 fully saturated rings. The van der Waals surface area contributed by atoms with Crippen LogP contribution in [0.25, 0.3) is 0 Å². The molecule has 1 heterocycles. The van der Waals surface area contributed by atoms with Crippen molar-refractivity contribution in [2.45, 2.75) is 25.8 Å². The van der Waals surface area contributed by atoms with Crippen LogP contribution in [-0.2, 0) is 11.3 Å². The average Bonchev–Trinajstić information content (AvgIpc) is 2.74. The molecule has 148 valence electrons. The number of piperidine rings is 1. The summed E-state index contributed by atoms with van der Waals surface area (Å²) in [5.74, 6) is 0.699. The fraction of sp³-hybridized carbons (Fsp3) is 0.364. The molecule has 2 N–H and O–H groups in total. The molecule has 28 heavy (non-hydrogen) atoms. The maximum absolute atomic E-state index is 12.6. The van der Waals surface area contributed by atoms with Gasteiger partial charge in [0.25, 0.3) is 5.91 Å². The van der Waals surface area contributed by atoms with Gasteiger partial charge in [0.15, 0.2) is 0 Å². The summed E-state index contributed by atoms with van der Waals surface area (Å²) < 4.78 is 5.13. The molecule has 0 radical (unpaired) electrons. The highest BCUT2D eigenvalue weighted by Gasteiger charge is 2.18. The van der Waals surface area contributed by atoms with E-state index in [9.17, 15) is 9.59 Å². The highest BCUT2D eigenvalue weighted by atomic mass is 16.5. The Kier molecular flexibility index (Phi) is 7.03. The normalized spacial score (nSPS) is 13.8. The number of nitrogens with zero attached hydrogens (tertiary/aromatic N) is 1. The third-order valence-corrected chi connectivity index (χ3v) is 4.81. The fourth-order valence-electron chi connectivity index (χ4n) is 3.28. The molecular weight excluding hydrogens is 354 g/mol. The van der Waals surface area contributed by atoms with Crippen LogP contribution in [0.4, 0.5) is 5.69 Å². The lowest BCUT2D eigenvalue weighted by Crippen LogP contribution is -2.35. The number of likely N-dealkylation sites (tertiary alicyclic amines) is 1. The van der Waals surface area contributed by atoms with E-state index in [-0.39, 0.29) is 18.4 Å². The van der Waals surface area contributed by atoms with Gasteiger partial charge in [-0.3, -0.25) is 9.59 Å². The highest BCUT2D eigenvalue weighted by molar-refractivity contribution is 5.97. The zero-order chi connectivity index (χ0) is 19.8. The number of benzene rings is 2. The van der Waals surface area contributed by atoms with Gasteiger partial charge in [-0.25, -0.2) is 0 Å². The lowest BCUT2D eigenvalue weighted by molar-refractivity contribution is -0.115. The van der Waals surface area contributed by atoms with Gasteiger partial charge in [0, 0.05) is 30.9 Å². The molecule has 1 saturated heterocycles. The molecule has 2 aromatic carbocycles. The monoisotopic (exact) mass is 381 g/mol. The summed E-state index contributed by atoms with van der Waals surface area (Å²) in [7, 11) is 1.63. The predicted octanol–water partition coefficient (Wildman–Crippen LogP) is 3.05. The van der Waals surface area contributed by atoms with E-state index in [0.29, 0.717) is 17.8 Å². The molecule has 6 nitrogen and oxygen atoms in total. The zero-order valence-corrected chi connectivity index (χ0v) is 16.2. The van der Waals surface area contributed by atoms with Crippen molar-refractivity contribution in [2.75, 3.05) is 32.1 Å². The summed E-state index contributed by atoms with van der Waals surface area (Å²) in [5, 5.41) is 5.97. The van der Waals surface area contributed by atoms with Crippen LogP contribution >= 0.6 is 0 Å². The SMILES string of the molecule is COc1ccc(CNCC(=O)Nc2cccc(C(=O)N3CCCCC3)c2)cc1. The molecule has 0 saturated carbocycles. The summed E-state index contributed by atoms with van der Waals surface area (Å²) in [6.07, 6.45) is 3.30. The molecule has 2 amide bonds. The molecule has 0 aromatic heterocycles. The Labute approximate surface area is 165 Å². The van der Waals surface area contributed by atoms with Gasteiger partial charge in [0.2, 0.25) is 5.91 Å². The number of amides is 2. The first kappa shape index (κ1) is 19.9.